The maximum absolute atomic E-state index is 12.9. The van der Waals surface area contributed by atoms with Crippen molar-refractivity contribution in [2.45, 2.75) is 45.1 Å². The van der Waals surface area contributed by atoms with Gasteiger partial charge in [0, 0.05) is 18.7 Å². The van der Waals surface area contributed by atoms with Crippen molar-refractivity contribution in [2.24, 2.45) is 0 Å². The van der Waals surface area contributed by atoms with Gasteiger partial charge in [0.25, 0.3) is 5.91 Å². The van der Waals surface area contributed by atoms with Gasteiger partial charge in [-0.05, 0) is 70.0 Å². The zero-order chi connectivity index (χ0) is 20.8. The van der Waals surface area contributed by atoms with Gasteiger partial charge >= 0.3 is 0 Å². The number of benzene rings is 1. The highest BCUT2D eigenvalue weighted by Crippen LogP contribution is 2.22. The Bertz CT molecular complexity index is 934. The quantitative estimate of drug-likeness (QED) is 0.559. The maximum atomic E-state index is 12.9. The molecule has 0 spiro atoms. The molecule has 1 aliphatic rings. The average Bonchev–Trinajstić information content (AvgIpc) is 3.45. The molecule has 1 aliphatic heterocycles. The van der Waals surface area contributed by atoms with E-state index in [9.17, 15) is 4.79 Å². The van der Waals surface area contributed by atoms with Crippen LogP contribution in [0.25, 0.3) is 17.1 Å². The number of aromatic nitrogens is 2. The minimum atomic E-state index is -0.115. The fourth-order valence-corrected chi connectivity index (χ4v) is 4.08. The van der Waals surface area contributed by atoms with Crippen molar-refractivity contribution in [3.63, 3.8) is 0 Å². The molecule has 1 unspecified atom stereocenters. The molecule has 6 heteroatoms. The van der Waals surface area contributed by atoms with E-state index in [0.29, 0.717) is 29.7 Å². The van der Waals surface area contributed by atoms with Gasteiger partial charge in [-0.25, -0.2) is 4.68 Å². The largest absolute Gasteiger partial charge is 0.463 e. The SMILES string of the molecule is CC1CCCCN1CCCCNC(=O)c1cc(-c2ccco2)nn1-c1ccccc1. The van der Waals surface area contributed by atoms with Crippen molar-refractivity contribution in [1.29, 1.82) is 0 Å². The summed E-state index contributed by atoms with van der Waals surface area (Å²) in [6.45, 7) is 5.31. The average molecular weight is 407 g/mol. The summed E-state index contributed by atoms with van der Waals surface area (Å²) in [6, 6.07) is 15.8. The molecule has 1 atom stereocenters. The van der Waals surface area contributed by atoms with E-state index in [-0.39, 0.29) is 5.91 Å². The monoisotopic (exact) mass is 406 g/mol. The van der Waals surface area contributed by atoms with E-state index in [0.717, 1.165) is 25.1 Å². The summed E-state index contributed by atoms with van der Waals surface area (Å²) in [5.74, 6) is 0.532. The van der Waals surface area contributed by atoms with Crippen molar-refractivity contribution in [3.8, 4) is 17.1 Å². The highest BCUT2D eigenvalue weighted by molar-refractivity contribution is 5.94. The Hall–Kier alpha value is -2.86. The predicted molar refractivity (Wildman–Crippen MR) is 118 cm³/mol. The molecule has 4 rings (SSSR count). The predicted octanol–water partition coefficient (Wildman–Crippen LogP) is 4.52. The first-order chi connectivity index (χ1) is 14.7. The third-order valence-corrected chi connectivity index (χ3v) is 5.81. The summed E-state index contributed by atoms with van der Waals surface area (Å²) >= 11 is 0. The van der Waals surface area contributed by atoms with Crippen molar-refractivity contribution in [2.75, 3.05) is 19.6 Å². The van der Waals surface area contributed by atoms with E-state index in [1.807, 2.05) is 42.5 Å². The van der Waals surface area contributed by atoms with E-state index in [1.165, 1.54) is 25.8 Å². The first-order valence-corrected chi connectivity index (χ1v) is 10.9. The van der Waals surface area contributed by atoms with Gasteiger partial charge in [0.15, 0.2) is 5.76 Å². The molecular formula is C24H30N4O2. The highest BCUT2D eigenvalue weighted by Gasteiger charge is 2.19. The second-order valence-electron chi connectivity index (χ2n) is 7.98. The van der Waals surface area contributed by atoms with E-state index in [2.05, 4.69) is 22.2 Å². The lowest BCUT2D eigenvalue weighted by atomic mass is 10.0. The molecule has 0 aliphatic carbocycles. The number of rotatable bonds is 8. The number of carbonyl (C=O) groups excluding carboxylic acids is 1. The molecular weight excluding hydrogens is 376 g/mol. The normalized spacial score (nSPS) is 17.2. The fraction of sp³-hybridized carbons (Fsp3) is 0.417. The first kappa shape index (κ1) is 20.4. The number of piperidine rings is 1. The van der Waals surface area contributed by atoms with Crippen LogP contribution < -0.4 is 5.32 Å². The lowest BCUT2D eigenvalue weighted by Crippen LogP contribution is -2.38. The van der Waals surface area contributed by atoms with Crippen LogP contribution in [0.2, 0.25) is 0 Å². The summed E-state index contributed by atoms with van der Waals surface area (Å²) in [6.07, 6.45) is 7.64. The van der Waals surface area contributed by atoms with E-state index in [1.54, 1.807) is 17.0 Å². The van der Waals surface area contributed by atoms with Gasteiger partial charge in [-0.15, -0.1) is 0 Å². The van der Waals surface area contributed by atoms with E-state index >= 15 is 0 Å². The van der Waals surface area contributed by atoms with Crippen molar-refractivity contribution in [3.05, 3.63) is 60.5 Å². The molecule has 1 N–H and O–H groups in total. The standard InChI is InChI=1S/C24H30N4O2/c1-19-10-5-7-15-27(19)16-8-6-14-25-24(29)22-18-21(23-13-9-17-30-23)26-28(22)20-11-3-2-4-12-20/h2-4,9,11-13,17-19H,5-8,10,14-16H2,1H3,(H,25,29). The van der Waals surface area contributed by atoms with Crippen LogP contribution in [0.1, 0.15) is 49.5 Å². The fourth-order valence-electron chi connectivity index (χ4n) is 4.08. The number of nitrogens with one attached hydrogen (secondary N) is 1. The number of nitrogens with zero attached hydrogens (tertiary/aromatic N) is 3. The minimum Gasteiger partial charge on any atom is -0.463 e. The van der Waals surface area contributed by atoms with Crippen LogP contribution in [-0.4, -0.2) is 46.3 Å². The number of likely N-dealkylation sites (tertiary alicyclic amines) is 1. The van der Waals surface area contributed by atoms with Crippen LogP contribution in [-0.2, 0) is 0 Å². The smallest absolute Gasteiger partial charge is 0.270 e. The van der Waals surface area contributed by atoms with Gasteiger partial charge in [0.2, 0.25) is 0 Å². The van der Waals surface area contributed by atoms with Crippen LogP contribution in [0.4, 0.5) is 0 Å². The molecule has 30 heavy (non-hydrogen) atoms. The second kappa shape index (κ2) is 9.76. The third kappa shape index (κ3) is 4.82. The van der Waals surface area contributed by atoms with Gasteiger partial charge < -0.3 is 14.6 Å². The molecule has 6 nitrogen and oxygen atoms in total. The molecule has 2 aromatic heterocycles. The summed E-state index contributed by atoms with van der Waals surface area (Å²) in [5, 5.41) is 7.68. The number of furan rings is 1. The van der Waals surface area contributed by atoms with Crippen LogP contribution in [0.5, 0.6) is 0 Å². The highest BCUT2D eigenvalue weighted by atomic mass is 16.3. The summed E-state index contributed by atoms with van der Waals surface area (Å²) in [7, 11) is 0. The second-order valence-corrected chi connectivity index (χ2v) is 7.98. The summed E-state index contributed by atoms with van der Waals surface area (Å²) < 4.78 is 7.15. The lowest BCUT2D eigenvalue weighted by Gasteiger charge is -2.33. The Kier molecular flexibility index (Phi) is 6.64. The van der Waals surface area contributed by atoms with Crippen molar-refractivity contribution < 1.29 is 9.21 Å². The Labute approximate surface area is 177 Å². The Morgan fingerprint density at radius 2 is 2.03 bits per heavy atom. The van der Waals surface area contributed by atoms with E-state index in [4.69, 9.17) is 4.42 Å². The van der Waals surface area contributed by atoms with Crippen LogP contribution in [0.15, 0.2) is 59.2 Å². The number of unbranched alkanes of at least 4 members (excludes halogenated alkanes) is 1. The lowest BCUT2D eigenvalue weighted by molar-refractivity contribution is 0.0944. The van der Waals surface area contributed by atoms with Crippen molar-refractivity contribution >= 4 is 5.91 Å². The van der Waals surface area contributed by atoms with Crippen LogP contribution in [0.3, 0.4) is 0 Å². The van der Waals surface area contributed by atoms with E-state index < -0.39 is 0 Å². The molecule has 3 aromatic rings. The van der Waals surface area contributed by atoms with Gasteiger partial charge in [-0.1, -0.05) is 24.6 Å². The summed E-state index contributed by atoms with van der Waals surface area (Å²) in [5.41, 5.74) is 2.00. The Morgan fingerprint density at radius 3 is 2.80 bits per heavy atom. The number of carbonyl (C=O) groups is 1. The van der Waals surface area contributed by atoms with Gasteiger partial charge in [-0.3, -0.25) is 4.79 Å². The Balaban J connectivity index is 1.38. The van der Waals surface area contributed by atoms with Crippen LogP contribution in [0, 0.1) is 0 Å². The molecule has 0 radical (unpaired) electrons. The van der Waals surface area contributed by atoms with Gasteiger partial charge in [-0.2, -0.15) is 5.10 Å². The number of amides is 1. The zero-order valence-corrected chi connectivity index (χ0v) is 17.6. The molecule has 3 heterocycles. The van der Waals surface area contributed by atoms with Gasteiger partial charge in [0.05, 0.1) is 12.0 Å². The molecule has 0 saturated carbocycles. The molecule has 1 aromatic carbocycles. The molecule has 1 fully saturated rings. The van der Waals surface area contributed by atoms with Crippen molar-refractivity contribution in [1.82, 2.24) is 20.0 Å². The third-order valence-electron chi connectivity index (χ3n) is 5.81. The van der Waals surface area contributed by atoms with Crippen LogP contribution >= 0.6 is 0 Å². The number of hydrogen-bond donors (Lipinski definition) is 1. The summed E-state index contributed by atoms with van der Waals surface area (Å²) in [4.78, 5) is 15.5. The number of hydrogen-bond acceptors (Lipinski definition) is 4. The zero-order valence-electron chi connectivity index (χ0n) is 17.6. The minimum absolute atomic E-state index is 0.115. The maximum Gasteiger partial charge on any atom is 0.270 e. The molecule has 0 bridgehead atoms. The Morgan fingerprint density at radius 1 is 1.17 bits per heavy atom. The molecule has 158 valence electrons. The molecule has 1 saturated heterocycles. The molecule has 1 amide bonds. The number of para-hydroxylation sites is 1. The topological polar surface area (TPSA) is 63.3 Å². The van der Waals surface area contributed by atoms with Gasteiger partial charge in [0.1, 0.15) is 11.4 Å². The first-order valence-electron chi connectivity index (χ1n) is 10.9.